The number of carbonyl (C=O) groups is 2. The Morgan fingerprint density at radius 2 is 1.68 bits per heavy atom. The summed E-state index contributed by atoms with van der Waals surface area (Å²) in [5.74, 6) is -1.24. The molecule has 0 aromatic heterocycles. The van der Waals surface area contributed by atoms with Crippen LogP contribution >= 0.6 is 0 Å². The Hall–Kier alpha value is -2.94. The van der Waals surface area contributed by atoms with Gasteiger partial charge in [-0.3, -0.25) is 14.3 Å². The van der Waals surface area contributed by atoms with Crippen molar-refractivity contribution in [2.24, 2.45) is 0 Å². The molecular formula is C19H22FN3O4S. The van der Waals surface area contributed by atoms with Crippen LogP contribution in [0.25, 0.3) is 0 Å². The van der Waals surface area contributed by atoms with Gasteiger partial charge in [0.1, 0.15) is 5.82 Å². The first-order valence-corrected chi connectivity index (χ1v) is 10.3. The smallest absolute Gasteiger partial charge is 0.243 e. The van der Waals surface area contributed by atoms with Gasteiger partial charge in [0.15, 0.2) is 0 Å². The fourth-order valence-electron chi connectivity index (χ4n) is 2.40. The first kappa shape index (κ1) is 21.4. The molecule has 0 bridgehead atoms. The molecule has 0 heterocycles. The van der Waals surface area contributed by atoms with Crippen LogP contribution in [0, 0.1) is 5.82 Å². The lowest BCUT2D eigenvalue weighted by atomic mass is 10.1. The molecule has 2 aromatic rings. The van der Waals surface area contributed by atoms with E-state index in [4.69, 9.17) is 0 Å². The molecule has 3 N–H and O–H groups in total. The number of benzene rings is 2. The molecule has 28 heavy (non-hydrogen) atoms. The lowest BCUT2D eigenvalue weighted by Gasteiger charge is -2.09. The molecule has 0 aliphatic heterocycles. The Balaban J connectivity index is 1.80. The van der Waals surface area contributed by atoms with Gasteiger partial charge in [0.05, 0.1) is 18.7 Å². The van der Waals surface area contributed by atoms with E-state index >= 15 is 0 Å². The van der Waals surface area contributed by atoms with Crippen molar-refractivity contribution in [3.05, 3.63) is 59.9 Å². The molecule has 9 heteroatoms. The van der Waals surface area contributed by atoms with Crippen LogP contribution in [0.5, 0.6) is 0 Å². The number of anilines is 2. The number of hydrogen-bond donors (Lipinski definition) is 3. The van der Waals surface area contributed by atoms with Crippen LogP contribution in [0.4, 0.5) is 15.8 Å². The van der Waals surface area contributed by atoms with Crippen molar-refractivity contribution in [3.63, 3.8) is 0 Å². The summed E-state index contributed by atoms with van der Waals surface area (Å²) in [5, 5.41) is 5.06. The summed E-state index contributed by atoms with van der Waals surface area (Å²) < 4.78 is 39.0. The van der Waals surface area contributed by atoms with Crippen LogP contribution in [0.15, 0.2) is 48.5 Å². The fourth-order valence-corrected chi connectivity index (χ4v) is 3.53. The lowest BCUT2D eigenvalue weighted by molar-refractivity contribution is -0.123. The second-order valence-electron chi connectivity index (χ2n) is 6.13. The maximum absolute atomic E-state index is 13.1. The fraction of sp³-hybridized carbons (Fsp3) is 0.263. The van der Waals surface area contributed by atoms with Crippen molar-refractivity contribution in [2.45, 2.75) is 19.8 Å². The van der Waals surface area contributed by atoms with Crippen molar-refractivity contribution in [3.8, 4) is 0 Å². The molecule has 0 unspecified atom stereocenters. The minimum atomic E-state index is -3.38. The topological polar surface area (TPSA) is 104 Å². The Morgan fingerprint density at radius 3 is 2.32 bits per heavy atom. The van der Waals surface area contributed by atoms with E-state index < -0.39 is 27.7 Å². The van der Waals surface area contributed by atoms with E-state index in [1.165, 1.54) is 30.3 Å². The molecule has 0 aliphatic carbocycles. The van der Waals surface area contributed by atoms with E-state index in [-0.39, 0.29) is 18.7 Å². The van der Waals surface area contributed by atoms with Gasteiger partial charge in [-0.1, -0.05) is 19.1 Å². The Bertz CT molecular complexity index is 930. The normalized spacial score (nSPS) is 10.9. The number of halogens is 1. The van der Waals surface area contributed by atoms with E-state index in [1.54, 1.807) is 25.1 Å². The molecule has 2 aromatic carbocycles. The van der Waals surface area contributed by atoms with Crippen molar-refractivity contribution >= 4 is 33.2 Å². The lowest BCUT2D eigenvalue weighted by Crippen LogP contribution is -2.33. The number of rotatable bonds is 9. The molecule has 0 saturated carbocycles. The molecule has 7 nitrogen and oxygen atoms in total. The maximum Gasteiger partial charge on any atom is 0.243 e. The minimum Gasteiger partial charge on any atom is -0.347 e. The monoisotopic (exact) mass is 407 g/mol. The van der Waals surface area contributed by atoms with Crippen LogP contribution in [0.1, 0.15) is 18.9 Å². The van der Waals surface area contributed by atoms with Crippen LogP contribution < -0.4 is 15.4 Å². The Morgan fingerprint density at radius 1 is 1.00 bits per heavy atom. The first-order valence-electron chi connectivity index (χ1n) is 8.69. The van der Waals surface area contributed by atoms with Crippen molar-refractivity contribution in [2.75, 3.05) is 22.3 Å². The number of sulfonamides is 1. The highest BCUT2D eigenvalue weighted by atomic mass is 32.2. The summed E-state index contributed by atoms with van der Waals surface area (Å²) in [4.78, 5) is 23.8. The third-order valence-corrected chi connectivity index (χ3v) is 5.11. The molecule has 2 amide bonds. The zero-order valence-electron chi connectivity index (χ0n) is 15.4. The van der Waals surface area contributed by atoms with Gasteiger partial charge in [-0.05, 0) is 48.4 Å². The third kappa shape index (κ3) is 7.36. The van der Waals surface area contributed by atoms with Crippen LogP contribution in [0.3, 0.4) is 0 Å². The van der Waals surface area contributed by atoms with Crippen LogP contribution in [0.2, 0.25) is 0 Å². The predicted molar refractivity (Wildman–Crippen MR) is 106 cm³/mol. The number of carbonyl (C=O) groups excluding carboxylic acids is 2. The van der Waals surface area contributed by atoms with E-state index in [0.717, 1.165) is 0 Å². The molecule has 0 fully saturated rings. The van der Waals surface area contributed by atoms with E-state index in [2.05, 4.69) is 15.4 Å². The molecule has 0 spiro atoms. The number of nitrogens with one attached hydrogen (secondary N) is 3. The molecule has 0 aliphatic rings. The predicted octanol–water partition coefficient (Wildman–Crippen LogP) is 2.27. The average Bonchev–Trinajstić information content (AvgIpc) is 2.61. The Labute approximate surface area is 163 Å². The van der Waals surface area contributed by atoms with Gasteiger partial charge in [-0.2, -0.15) is 0 Å². The summed E-state index contributed by atoms with van der Waals surface area (Å²) in [6.45, 7) is 1.54. The molecule has 150 valence electrons. The van der Waals surface area contributed by atoms with Gasteiger partial charge in [-0.25, -0.2) is 12.8 Å². The number of amides is 2. The first-order chi connectivity index (χ1) is 13.3. The average molecular weight is 407 g/mol. The SMILES string of the molecule is CCCS(=O)(=O)Nc1ccc(NC(=O)CNC(=O)Cc2cccc(F)c2)cc1. The van der Waals surface area contributed by atoms with Gasteiger partial charge >= 0.3 is 0 Å². The van der Waals surface area contributed by atoms with Gasteiger partial charge in [-0.15, -0.1) is 0 Å². The summed E-state index contributed by atoms with van der Waals surface area (Å²) in [6, 6.07) is 11.9. The van der Waals surface area contributed by atoms with E-state index in [1.807, 2.05) is 0 Å². The highest BCUT2D eigenvalue weighted by molar-refractivity contribution is 7.92. The summed E-state index contributed by atoms with van der Waals surface area (Å²) in [6.07, 6.45) is 0.478. The molecule has 0 atom stereocenters. The highest BCUT2D eigenvalue weighted by Crippen LogP contribution is 2.15. The summed E-state index contributed by atoms with van der Waals surface area (Å²) >= 11 is 0. The second-order valence-corrected chi connectivity index (χ2v) is 7.97. The van der Waals surface area contributed by atoms with Crippen LogP contribution in [-0.4, -0.2) is 32.5 Å². The van der Waals surface area contributed by atoms with Gasteiger partial charge in [0.25, 0.3) is 0 Å². The van der Waals surface area contributed by atoms with Crippen molar-refractivity contribution < 1.29 is 22.4 Å². The van der Waals surface area contributed by atoms with E-state index in [9.17, 15) is 22.4 Å². The Kier molecular flexibility index (Phi) is 7.51. The van der Waals surface area contributed by atoms with Gasteiger partial charge in [0.2, 0.25) is 21.8 Å². The van der Waals surface area contributed by atoms with E-state index in [0.29, 0.717) is 23.4 Å². The molecule has 0 radical (unpaired) electrons. The standard InChI is InChI=1S/C19H22FN3O4S/c1-2-10-28(26,27)23-17-8-6-16(7-9-17)22-19(25)13-21-18(24)12-14-4-3-5-15(20)11-14/h3-9,11,23H,2,10,12-13H2,1H3,(H,21,24)(H,22,25). The van der Waals surface area contributed by atoms with Gasteiger partial charge in [0, 0.05) is 11.4 Å². The molecular weight excluding hydrogens is 385 g/mol. The zero-order valence-corrected chi connectivity index (χ0v) is 16.2. The zero-order chi connectivity index (χ0) is 20.6. The van der Waals surface area contributed by atoms with Crippen molar-refractivity contribution in [1.29, 1.82) is 0 Å². The summed E-state index contributed by atoms with van der Waals surface area (Å²) in [7, 11) is -3.38. The van der Waals surface area contributed by atoms with Crippen molar-refractivity contribution in [1.82, 2.24) is 5.32 Å². The summed E-state index contributed by atoms with van der Waals surface area (Å²) in [5.41, 5.74) is 1.37. The maximum atomic E-state index is 13.1. The largest absolute Gasteiger partial charge is 0.347 e. The molecule has 0 saturated heterocycles. The second kappa shape index (κ2) is 9.84. The quantitative estimate of drug-likeness (QED) is 0.593. The van der Waals surface area contributed by atoms with Crippen LogP contribution in [-0.2, 0) is 26.0 Å². The van der Waals surface area contributed by atoms with Gasteiger partial charge < -0.3 is 10.6 Å². The minimum absolute atomic E-state index is 0.0286. The third-order valence-electron chi connectivity index (χ3n) is 3.61. The number of hydrogen-bond acceptors (Lipinski definition) is 4. The molecule has 2 rings (SSSR count). The highest BCUT2D eigenvalue weighted by Gasteiger charge is 2.10.